The summed E-state index contributed by atoms with van der Waals surface area (Å²) in [6, 6.07) is -0.0234. The van der Waals surface area contributed by atoms with Crippen LogP contribution in [-0.2, 0) is 6.42 Å². The maximum absolute atomic E-state index is 11.3. The van der Waals surface area contributed by atoms with E-state index in [4.69, 9.17) is 5.73 Å². The van der Waals surface area contributed by atoms with Gasteiger partial charge in [-0.05, 0) is 6.42 Å². The quantitative estimate of drug-likeness (QED) is 0.443. The number of nitrogen functional groups attached to an aromatic ring is 1. The van der Waals surface area contributed by atoms with E-state index in [2.05, 4.69) is 10.6 Å². The van der Waals surface area contributed by atoms with Gasteiger partial charge in [0.15, 0.2) is 0 Å². The first-order valence-corrected chi connectivity index (χ1v) is 6.39. The number of carbonyl (C=O) groups excluding carboxylic acids is 1. The van der Waals surface area contributed by atoms with Crippen LogP contribution in [0.25, 0.3) is 0 Å². The molecule has 0 spiro atoms. The van der Waals surface area contributed by atoms with Crippen molar-refractivity contribution in [3.8, 4) is 0 Å². The second-order valence-electron chi connectivity index (χ2n) is 4.38. The monoisotopic (exact) mass is 253 g/mol. The predicted octanol–water partition coefficient (Wildman–Crippen LogP) is -1.43. The molecule has 2 amide bonds. The molecule has 0 aliphatic carbocycles. The molecule has 2 saturated heterocycles. The Bertz CT molecular complexity index is 563. The van der Waals surface area contributed by atoms with Gasteiger partial charge in [-0.3, -0.25) is 9.59 Å². The third-order valence-electron chi connectivity index (χ3n) is 3.39. The van der Waals surface area contributed by atoms with Crippen molar-refractivity contribution in [1.29, 1.82) is 0 Å². The van der Waals surface area contributed by atoms with Gasteiger partial charge in [0.05, 0.1) is 17.8 Å². The number of urea groups is 1. The highest BCUT2D eigenvalue weighted by molar-refractivity contribution is 8.00. The van der Waals surface area contributed by atoms with Crippen molar-refractivity contribution in [1.82, 2.24) is 10.6 Å². The van der Waals surface area contributed by atoms with E-state index in [1.807, 2.05) is 0 Å². The van der Waals surface area contributed by atoms with Crippen LogP contribution in [0.5, 0.6) is 0 Å². The van der Waals surface area contributed by atoms with Crippen LogP contribution in [0.2, 0.25) is 0 Å². The van der Waals surface area contributed by atoms with Crippen LogP contribution < -0.4 is 27.2 Å². The first-order chi connectivity index (χ1) is 8.08. The van der Waals surface area contributed by atoms with Crippen molar-refractivity contribution in [3.63, 3.8) is 0 Å². The van der Waals surface area contributed by atoms with E-state index in [-0.39, 0.29) is 29.1 Å². The molecule has 3 rings (SSSR count). The Morgan fingerprint density at radius 1 is 1.24 bits per heavy atom. The van der Waals surface area contributed by atoms with Gasteiger partial charge >= 0.3 is 6.03 Å². The molecule has 90 valence electrons. The lowest BCUT2D eigenvalue weighted by molar-refractivity contribution is 0.247. The smallest absolute Gasteiger partial charge is 0.315 e. The number of hydrogen-bond donors (Lipinski definition) is 3. The summed E-state index contributed by atoms with van der Waals surface area (Å²) in [6.07, 6.45) is 0.462. The van der Waals surface area contributed by atoms with Gasteiger partial charge in [-0.1, -0.05) is 0 Å². The van der Waals surface area contributed by atoms with Crippen LogP contribution in [0.4, 0.5) is 10.5 Å². The molecule has 0 saturated carbocycles. The molecular formula is C10H11N3O3S. The summed E-state index contributed by atoms with van der Waals surface area (Å²) in [5.41, 5.74) is 4.97. The number of nitrogens with one attached hydrogen (secondary N) is 2. The van der Waals surface area contributed by atoms with Crippen molar-refractivity contribution in [2.24, 2.45) is 0 Å². The lowest BCUT2D eigenvalue weighted by Crippen LogP contribution is -2.43. The molecule has 0 radical (unpaired) electrons. The minimum Gasteiger partial charge on any atom is -0.395 e. The molecule has 2 aliphatic rings. The van der Waals surface area contributed by atoms with Crippen molar-refractivity contribution < 1.29 is 4.79 Å². The van der Waals surface area contributed by atoms with Crippen molar-refractivity contribution >= 4 is 23.5 Å². The number of rotatable bonds is 2. The second kappa shape index (κ2) is 3.49. The van der Waals surface area contributed by atoms with Gasteiger partial charge in [-0.2, -0.15) is 11.8 Å². The number of fused-ring (bicyclic) bond motifs is 1. The number of anilines is 1. The first-order valence-electron chi connectivity index (χ1n) is 5.34. The maximum atomic E-state index is 11.3. The average Bonchev–Trinajstić information content (AvgIpc) is 2.84. The number of amides is 2. The molecule has 17 heavy (non-hydrogen) atoms. The van der Waals surface area contributed by atoms with E-state index in [1.54, 1.807) is 11.8 Å². The molecule has 7 heteroatoms. The molecule has 2 aliphatic heterocycles. The highest BCUT2D eigenvalue weighted by Crippen LogP contribution is 2.32. The zero-order chi connectivity index (χ0) is 12.2. The third-order valence-corrected chi connectivity index (χ3v) is 4.83. The molecule has 0 aromatic heterocycles. The molecule has 3 atom stereocenters. The standard InChI is InChI=1S/C10H11N3O3S/c11-6-3(8(14)9(6)15)1-5-7-4(2-17-5)12-10(16)13-7/h4-5,7H,1-2,11H2,(H2,12,13,16). The topological polar surface area (TPSA) is 101 Å². The van der Waals surface area contributed by atoms with Crippen LogP contribution in [0.15, 0.2) is 9.59 Å². The summed E-state index contributed by atoms with van der Waals surface area (Å²) in [4.78, 5) is 33.5. The summed E-state index contributed by atoms with van der Waals surface area (Å²) >= 11 is 1.69. The Labute approximate surface area is 101 Å². The summed E-state index contributed by atoms with van der Waals surface area (Å²) in [5.74, 6) is 0.823. The summed E-state index contributed by atoms with van der Waals surface area (Å²) in [5, 5.41) is 5.76. The van der Waals surface area contributed by atoms with Crippen molar-refractivity contribution in [2.45, 2.75) is 23.8 Å². The normalized spacial score (nSPS) is 31.3. The highest BCUT2D eigenvalue weighted by Gasteiger charge is 2.43. The van der Waals surface area contributed by atoms with Crippen molar-refractivity contribution in [2.75, 3.05) is 11.5 Å². The average molecular weight is 253 g/mol. The van der Waals surface area contributed by atoms with Crippen LogP contribution in [-0.4, -0.2) is 29.1 Å². The second-order valence-corrected chi connectivity index (χ2v) is 5.65. The van der Waals surface area contributed by atoms with Gasteiger partial charge in [0.25, 0.3) is 0 Å². The van der Waals surface area contributed by atoms with Crippen LogP contribution in [0.1, 0.15) is 5.56 Å². The van der Waals surface area contributed by atoms with Crippen LogP contribution in [0.3, 0.4) is 0 Å². The fourth-order valence-electron chi connectivity index (χ4n) is 2.43. The lowest BCUT2D eigenvalue weighted by atomic mass is 9.97. The fraction of sp³-hybridized carbons (Fsp3) is 0.500. The van der Waals surface area contributed by atoms with Crippen LogP contribution in [0, 0.1) is 0 Å². The Hall–Kier alpha value is -1.50. The molecule has 2 heterocycles. The maximum Gasteiger partial charge on any atom is 0.315 e. The number of hydrogen-bond acceptors (Lipinski definition) is 5. The molecule has 4 N–H and O–H groups in total. The molecule has 1 aromatic rings. The molecule has 1 aromatic carbocycles. The molecule has 3 unspecified atom stereocenters. The summed E-state index contributed by atoms with van der Waals surface area (Å²) in [6.45, 7) is 0. The minimum absolute atomic E-state index is 0.0244. The SMILES string of the molecule is Nc1c(CC2SCC3NC(=O)NC32)c(=O)c1=O. The Morgan fingerprint density at radius 2 is 2.00 bits per heavy atom. The van der Waals surface area contributed by atoms with Crippen molar-refractivity contribution in [3.05, 3.63) is 26.0 Å². The van der Waals surface area contributed by atoms with E-state index >= 15 is 0 Å². The molecule has 2 fully saturated rings. The lowest BCUT2D eigenvalue weighted by Gasteiger charge is -2.17. The molecule has 6 nitrogen and oxygen atoms in total. The van der Waals surface area contributed by atoms with Gasteiger partial charge in [0.2, 0.25) is 10.9 Å². The van der Waals surface area contributed by atoms with Crippen LogP contribution >= 0.6 is 11.8 Å². The predicted molar refractivity (Wildman–Crippen MR) is 65.0 cm³/mol. The van der Waals surface area contributed by atoms with Gasteiger partial charge in [0, 0.05) is 16.6 Å². The largest absolute Gasteiger partial charge is 0.395 e. The fourth-order valence-corrected chi connectivity index (χ4v) is 3.92. The van der Waals surface area contributed by atoms with Gasteiger partial charge in [-0.25, -0.2) is 4.79 Å². The zero-order valence-corrected chi connectivity index (χ0v) is 9.67. The van der Waals surface area contributed by atoms with E-state index in [0.717, 1.165) is 5.75 Å². The summed E-state index contributed by atoms with van der Waals surface area (Å²) in [7, 11) is 0. The molecular weight excluding hydrogens is 242 g/mol. The minimum atomic E-state index is -0.576. The number of carbonyl (C=O) groups is 1. The first kappa shape index (κ1) is 10.6. The van der Waals surface area contributed by atoms with E-state index in [1.165, 1.54) is 0 Å². The molecule has 0 bridgehead atoms. The van der Waals surface area contributed by atoms with Gasteiger partial charge in [0.1, 0.15) is 0 Å². The van der Waals surface area contributed by atoms with Gasteiger partial charge in [-0.15, -0.1) is 0 Å². The zero-order valence-electron chi connectivity index (χ0n) is 8.86. The number of thioether (sulfide) groups is 1. The Balaban J connectivity index is 1.77. The number of nitrogens with two attached hydrogens (primary N) is 1. The third kappa shape index (κ3) is 1.45. The summed E-state index contributed by atoms with van der Waals surface area (Å²) < 4.78 is 0. The van der Waals surface area contributed by atoms with Gasteiger partial charge < -0.3 is 16.4 Å². The Kier molecular flexibility index (Phi) is 2.19. The van der Waals surface area contributed by atoms with E-state index in [0.29, 0.717) is 12.0 Å². The Morgan fingerprint density at radius 3 is 2.71 bits per heavy atom. The van der Waals surface area contributed by atoms with E-state index in [9.17, 15) is 14.4 Å². The highest BCUT2D eigenvalue weighted by atomic mass is 32.2. The van der Waals surface area contributed by atoms with E-state index < -0.39 is 10.9 Å².